The van der Waals surface area contributed by atoms with Gasteiger partial charge in [-0.1, -0.05) is 6.07 Å². The van der Waals surface area contributed by atoms with E-state index in [-0.39, 0.29) is 6.10 Å². The average Bonchev–Trinajstić information content (AvgIpc) is 2.15. The lowest BCUT2D eigenvalue weighted by Gasteiger charge is -2.12. The Bertz CT molecular complexity index is 297. The molecule has 0 aliphatic carbocycles. The number of aliphatic hydroxyl groups is 1. The van der Waals surface area contributed by atoms with Crippen molar-refractivity contribution >= 4 is 5.69 Å². The molecule has 0 aliphatic heterocycles. The topological polar surface area (TPSA) is 41.5 Å². The zero-order chi connectivity index (χ0) is 10.6. The minimum Gasteiger partial charge on any atom is -0.495 e. The molecule has 0 spiro atoms. The summed E-state index contributed by atoms with van der Waals surface area (Å²) in [5.74, 6) is 0.802. The summed E-state index contributed by atoms with van der Waals surface area (Å²) in [5.41, 5.74) is 2.09. The highest BCUT2D eigenvalue weighted by molar-refractivity contribution is 5.57. The number of hydrogen-bond acceptors (Lipinski definition) is 3. The standard InChI is InChI=1S/C11H17NO2/c1-8-4-5-11(14-3)10(6-8)12-7-9(2)13/h4-6,9,12-13H,7H2,1-3H3/t9-/m0/s1. The van der Waals surface area contributed by atoms with Gasteiger partial charge in [-0.3, -0.25) is 0 Å². The fourth-order valence-electron chi connectivity index (χ4n) is 1.22. The Morgan fingerprint density at radius 3 is 2.79 bits per heavy atom. The molecule has 0 bridgehead atoms. The first-order chi connectivity index (χ1) is 6.63. The van der Waals surface area contributed by atoms with Crippen LogP contribution in [0.25, 0.3) is 0 Å². The van der Waals surface area contributed by atoms with E-state index in [9.17, 15) is 0 Å². The molecular weight excluding hydrogens is 178 g/mol. The van der Waals surface area contributed by atoms with Gasteiger partial charge in [-0.15, -0.1) is 0 Å². The number of methoxy groups -OCH3 is 1. The molecule has 3 heteroatoms. The van der Waals surface area contributed by atoms with Gasteiger partial charge in [0.2, 0.25) is 0 Å². The van der Waals surface area contributed by atoms with Crippen LogP contribution < -0.4 is 10.1 Å². The Hall–Kier alpha value is -1.22. The van der Waals surface area contributed by atoms with Gasteiger partial charge in [0.1, 0.15) is 5.75 Å². The van der Waals surface area contributed by atoms with Crippen LogP contribution in [0.3, 0.4) is 0 Å². The number of aliphatic hydroxyl groups excluding tert-OH is 1. The summed E-state index contributed by atoms with van der Waals surface area (Å²) in [5, 5.41) is 12.3. The Morgan fingerprint density at radius 2 is 2.21 bits per heavy atom. The van der Waals surface area contributed by atoms with Crippen molar-refractivity contribution in [3.05, 3.63) is 23.8 Å². The molecular formula is C11H17NO2. The third kappa shape index (κ3) is 2.92. The maximum Gasteiger partial charge on any atom is 0.141 e. The molecule has 0 aliphatic rings. The summed E-state index contributed by atoms with van der Waals surface area (Å²) in [6.45, 7) is 4.29. The maximum absolute atomic E-state index is 9.14. The van der Waals surface area contributed by atoms with Gasteiger partial charge < -0.3 is 15.2 Å². The summed E-state index contributed by atoms with van der Waals surface area (Å²) >= 11 is 0. The van der Waals surface area contributed by atoms with E-state index in [0.717, 1.165) is 11.4 Å². The van der Waals surface area contributed by atoms with Crippen molar-refractivity contribution in [1.29, 1.82) is 0 Å². The quantitative estimate of drug-likeness (QED) is 0.769. The zero-order valence-electron chi connectivity index (χ0n) is 8.87. The second-order valence-electron chi connectivity index (χ2n) is 3.43. The molecule has 1 aromatic rings. The number of hydrogen-bond donors (Lipinski definition) is 2. The molecule has 0 saturated carbocycles. The van der Waals surface area contributed by atoms with Crippen molar-refractivity contribution in [1.82, 2.24) is 0 Å². The molecule has 0 heterocycles. The molecule has 2 N–H and O–H groups in total. The normalized spacial score (nSPS) is 12.3. The van der Waals surface area contributed by atoms with Gasteiger partial charge in [0, 0.05) is 6.54 Å². The monoisotopic (exact) mass is 195 g/mol. The van der Waals surface area contributed by atoms with E-state index in [1.54, 1.807) is 14.0 Å². The van der Waals surface area contributed by atoms with Crippen molar-refractivity contribution in [2.75, 3.05) is 19.0 Å². The van der Waals surface area contributed by atoms with E-state index >= 15 is 0 Å². The SMILES string of the molecule is COc1ccc(C)cc1NC[C@H](C)O. The van der Waals surface area contributed by atoms with Crippen LogP contribution in [0, 0.1) is 6.92 Å². The van der Waals surface area contributed by atoms with Crippen LogP contribution in [0.4, 0.5) is 5.69 Å². The molecule has 0 aromatic heterocycles. The van der Waals surface area contributed by atoms with Gasteiger partial charge in [0.25, 0.3) is 0 Å². The van der Waals surface area contributed by atoms with Crippen LogP contribution >= 0.6 is 0 Å². The van der Waals surface area contributed by atoms with Crippen LogP contribution in [-0.2, 0) is 0 Å². The van der Waals surface area contributed by atoms with E-state index in [0.29, 0.717) is 6.54 Å². The fourth-order valence-corrected chi connectivity index (χ4v) is 1.22. The summed E-state index contributed by atoms with van der Waals surface area (Å²) in [4.78, 5) is 0. The number of benzene rings is 1. The van der Waals surface area contributed by atoms with Crippen molar-refractivity contribution in [3.8, 4) is 5.75 Å². The van der Waals surface area contributed by atoms with Crippen LogP contribution in [-0.4, -0.2) is 24.9 Å². The highest BCUT2D eigenvalue weighted by Gasteiger charge is 2.03. The minimum atomic E-state index is -0.361. The van der Waals surface area contributed by atoms with Gasteiger partial charge in [-0.2, -0.15) is 0 Å². The van der Waals surface area contributed by atoms with Crippen molar-refractivity contribution in [3.63, 3.8) is 0 Å². The van der Waals surface area contributed by atoms with Crippen LogP contribution in [0.1, 0.15) is 12.5 Å². The van der Waals surface area contributed by atoms with E-state index in [1.807, 2.05) is 25.1 Å². The largest absolute Gasteiger partial charge is 0.495 e. The van der Waals surface area contributed by atoms with Crippen LogP contribution in [0.15, 0.2) is 18.2 Å². The second kappa shape index (κ2) is 4.86. The smallest absolute Gasteiger partial charge is 0.141 e. The maximum atomic E-state index is 9.14. The third-order valence-corrected chi connectivity index (χ3v) is 1.94. The molecule has 1 rings (SSSR count). The van der Waals surface area contributed by atoms with Crippen LogP contribution in [0.2, 0.25) is 0 Å². The summed E-state index contributed by atoms with van der Waals surface area (Å²) in [6.07, 6.45) is -0.361. The molecule has 1 aromatic carbocycles. The molecule has 14 heavy (non-hydrogen) atoms. The molecule has 0 radical (unpaired) electrons. The minimum absolute atomic E-state index is 0.361. The molecule has 3 nitrogen and oxygen atoms in total. The van der Waals surface area contributed by atoms with Crippen molar-refractivity contribution in [2.24, 2.45) is 0 Å². The van der Waals surface area contributed by atoms with E-state index in [1.165, 1.54) is 5.56 Å². The molecule has 0 fully saturated rings. The number of aryl methyl sites for hydroxylation is 1. The average molecular weight is 195 g/mol. The lowest BCUT2D eigenvalue weighted by Crippen LogP contribution is -2.15. The van der Waals surface area contributed by atoms with E-state index in [4.69, 9.17) is 9.84 Å². The van der Waals surface area contributed by atoms with Gasteiger partial charge >= 0.3 is 0 Å². The van der Waals surface area contributed by atoms with Gasteiger partial charge in [-0.05, 0) is 31.5 Å². The Kier molecular flexibility index (Phi) is 3.77. The Labute approximate surface area is 84.7 Å². The number of anilines is 1. The van der Waals surface area contributed by atoms with Crippen molar-refractivity contribution < 1.29 is 9.84 Å². The first kappa shape index (κ1) is 10.9. The van der Waals surface area contributed by atoms with E-state index < -0.39 is 0 Å². The van der Waals surface area contributed by atoms with E-state index in [2.05, 4.69) is 5.32 Å². The number of nitrogens with one attached hydrogen (secondary N) is 1. The highest BCUT2D eigenvalue weighted by Crippen LogP contribution is 2.24. The predicted molar refractivity (Wildman–Crippen MR) is 57.9 cm³/mol. The van der Waals surface area contributed by atoms with Crippen LogP contribution in [0.5, 0.6) is 5.75 Å². The molecule has 0 amide bonds. The van der Waals surface area contributed by atoms with Gasteiger partial charge in [0.05, 0.1) is 18.9 Å². The van der Waals surface area contributed by atoms with Crippen molar-refractivity contribution in [2.45, 2.75) is 20.0 Å². The number of ether oxygens (including phenoxy) is 1. The lowest BCUT2D eigenvalue weighted by atomic mass is 10.2. The highest BCUT2D eigenvalue weighted by atomic mass is 16.5. The molecule has 1 atom stereocenters. The third-order valence-electron chi connectivity index (χ3n) is 1.94. The Morgan fingerprint density at radius 1 is 1.50 bits per heavy atom. The first-order valence-corrected chi connectivity index (χ1v) is 4.70. The summed E-state index contributed by atoms with van der Waals surface area (Å²) in [6, 6.07) is 5.91. The second-order valence-corrected chi connectivity index (χ2v) is 3.43. The Balaban J connectivity index is 2.77. The van der Waals surface area contributed by atoms with Gasteiger partial charge in [-0.25, -0.2) is 0 Å². The molecule has 0 unspecified atom stereocenters. The lowest BCUT2D eigenvalue weighted by molar-refractivity contribution is 0.208. The molecule has 78 valence electrons. The summed E-state index contributed by atoms with van der Waals surface area (Å²) in [7, 11) is 1.64. The number of rotatable bonds is 4. The molecule has 0 saturated heterocycles. The first-order valence-electron chi connectivity index (χ1n) is 4.70. The summed E-state index contributed by atoms with van der Waals surface area (Å²) < 4.78 is 5.19. The zero-order valence-corrected chi connectivity index (χ0v) is 8.87. The predicted octanol–water partition coefficient (Wildman–Crippen LogP) is 1.80. The fraction of sp³-hybridized carbons (Fsp3) is 0.455. The van der Waals surface area contributed by atoms with Gasteiger partial charge in [0.15, 0.2) is 0 Å².